The summed E-state index contributed by atoms with van der Waals surface area (Å²) in [4.78, 5) is 53.0. The highest BCUT2D eigenvalue weighted by atomic mass is 19.4. The summed E-state index contributed by atoms with van der Waals surface area (Å²) in [6.07, 6.45) is -10.3. The van der Waals surface area contributed by atoms with Crippen LogP contribution in [0.1, 0.15) is 58.1 Å². The van der Waals surface area contributed by atoms with Crippen LogP contribution in [0.15, 0.2) is 72.8 Å². The van der Waals surface area contributed by atoms with Gasteiger partial charge in [0.15, 0.2) is 5.75 Å². The van der Waals surface area contributed by atoms with Crippen LogP contribution in [0.3, 0.4) is 0 Å². The molecule has 0 N–H and O–H groups in total. The number of hydrogen-bond donors (Lipinski definition) is 0. The zero-order chi connectivity index (χ0) is 32.6. The molecule has 13 heteroatoms. The fourth-order valence-electron chi connectivity index (χ4n) is 5.28. The molecule has 228 valence electrons. The molecule has 0 saturated heterocycles. The van der Waals surface area contributed by atoms with Crippen molar-refractivity contribution in [1.29, 1.82) is 0 Å². The average Bonchev–Trinajstić information content (AvgIpc) is 3.36. The Kier molecular flexibility index (Phi) is 6.61. The highest BCUT2D eigenvalue weighted by Crippen LogP contribution is 2.46. The van der Waals surface area contributed by atoms with Crippen LogP contribution in [0, 0.1) is 6.92 Å². The number of imide groups is 2. The number of halogens is 6. The second-order valence-electron chi connectivity index (χ2n) is 10.4. The monoisotopic (exact) mass is 624 g/mol. The highest BCUT2D eigenvalue weighted by molar-refractivity contribution is 6.34. The van der Waals surface area contributed by atoms with E-state index in [0.29, 0.717) is 23.3 Å². The fourth-order valence-corrected chi connectivity index (χ4v) is 5.28. The smallest absolute Gasteiger partial charge is 0.420 e. The van der Waals surface area contributed by atoms with Crippen molar-refractivity contribution in [2.75, 3.05) is 11.9 Å². The van der Waals surface area contributed by atoms with Gasteiger partial charge in [-0.15, -0.1) is 0 Å². The first-order valence-corrected chi connectivity index (χ1v) is 13.1. The maximum atomic E-state index is 13.7. The summed E-state index contributed by atoms with van der Waals surface area (Å²) in [6.45, 7) is 1.10. The molecular weight excluding hydrogens is 606 g/mol. The first-order chi connectivity index (χ1) is 21.1. The molecule has 4 amide bonds. The molecule has 0 radical (unpaired) electrons. The third-order valence-electron chi connectivity index (χ3n) is 7.47. The molecule has 6 rings (SSSR count). The third kappa shape index (κ3) is 4.89. The van der Waals surface area contributed by atoms with Gasteiger partial charge in [0.1, 0.15) is 5.75 Å². The Morgan fingerprint density at radius 1 is 0.578 bits per heavy atom. The number of nitrogens with zero attached hydrogens (tertiary/aromatic N) is 2. The van der Waals surface area contributed by atoms with E-state index in [1.54, 1.807) is 12.1 Å². The van der Waals surface area contributed by atoms with Crippen LogP contribution >= 0.6 is 0 Å². The Bertz CT molecular complexity index is 1930. The Balaban J connectivity index is 1.29. The molecule has 2 heterocycles. The first-order valence-electron chi connectivity index (χ1n) is 13.1. The lowest BCUT2D eigenvalue weighted by molar-refractivity contribution is -0.145. The summed E-state index contributed by atoms with van der Waals surface area (Å²) in [5.74, 6) is -4.17. The van der Waals surface area contributed by atoms with Crippen molar-refractivity contribution in [2.24, 2.45) is 0 Å². The van der Waals surface area contributed by atoms with Gasteiger partial charge in [0.05, 0.1) is 39.1 Å². The summed E-state index contributed by atoms with van der Waals surface area (Å²) in [6, 6.07) is 14.6. The molecule has 2 aliphatic heterocycles. The van der Waals surface area contributed by atoms with Crippen LogP contribution in [-0.2, 0) is 12.4 Å². The quantitative estimate of drug-likeness (QED) is 0.173. The lowest BCUT2D eigenvalue weighted by Gasteiger charge is -2.20. The van der Waals surface area contributed by atoms with Crippen molar-refractivity contribution >= 4 is 29.3 Å². The van der Waals surface area contributed by atoms with Gasteiger partial charge < -0.3 is 4.74 Å². The van der Waals surface area contributed by atoms with Crippen LogP contribution in [0.4, 0.5) is 32.0 Å². The number of aryl methyl sites for hydroxylation is 1. The summed E-state index contributed by atoms with van der Waals surface area (Å²) in [5, 5.41) is 0. The summed E-state index contributed by atoms with van der Waals surface area (Å²) >= 11 is 0. The second kappa shape index (κ2) is 10.0. The van der Waals surface area contributed by atoms with Crippen molar-refractivity contribution in [3.05, 3.63) is 112 Å². The molecule has 0 unspecified atom stereocenters. The Morgan fingerprint density at radius 2 is 1.02 bits per heavy atom. The number of hydrogen-bond acceptors (Lipinski definition) is 5. The molecule has 0 saturated carbocycles. The minimum absolute atomic E-state index is 0.00391. The van der Waals surface area contributed by atoms with Gasteiger partial charge >= 0.3 is 12.4 Å². The molecule has 0 atom stereocenters. The number of anilines is 1. The van der Waals surface area contributed by atoms with Gasteiger partial charge in [0.25, 0.3) is 23.6 Å². The van der Waals surface area contributed by atoms with E-state index < -0.39 is 58.6 Å². The predicted molar refractivity (Wildman–Crippen MR) is 147 cm³/mol. The standard InChI is InChI=1S/C32H18F6N2O5/c1-15-11-24(31(33,34)35)26(25(12-15)32(36,37)38)45-19-7-5-18(6-8-19)40-29(43)21-10-4-17(14-23(21)30(40)44)16-3-9-20-22(13-16)28(42)39(2)27(20)41/h3-14H,1-2H3. The number of rotatable bonds is 4. The summed E-state index contributed by atoms with van der Waals surface area (Å²) in [7, 11) is 1.36. The largest absolute Gasteiger partial charge is 0.456 e. The van der Waals surface area contributed by atoms with E-state index in [2.05, 4.69) is 0 Å². The highest BCUT2D eigenvalue weighted by Gasteiger charge is 2.43. The Morgan fingerprint density at radius 3 is 1.53 bits per heavy atom. The minimum atomic E-state index is -5.15. The maximum absolute atomic E-state index is 13.7. The van der Waals surface area contributed by atoms with Crippen LogP contribution < -0.4 is 9.64 Å². The van der Waals surface area contributed by atoms with Crippen molar-refractivity contribution in [3.8, 4) is 22.6 Å². The number of amides is 4. The van der Waals surface area contributed by atoms with Gasteiger partial charge in [-0.2, -0.15) is 26.3 Å². The molecule has 0 aromatic heterocycles. The lowest BCUT2D eigenvalue weighted by atomic mass is 9.97. The van der Waals surface area contributed by atoms with Gasteiger partial charge in [0.2, 0.25) is 0 Å². The normalized spacial score (nSPS) is 14.8. The van der Waals surface area contributed by atoms with Gasteiger partial charge in [-0.3, -0.25) is 24.1 Å². The van der Waals surface area contributed by atoms with E-state index >= 15 is 0 Å². The van der Waals surface area contributed by atoms with Gasteiger partial charge in [0, 0.05) is 7.05 Å². The number of carbonyl (C=O) groups is 4. The number of carbonyl (C=O) groups excluding carboxylic acids is 4. The Labute approximate surface area is 250 Å². The summed E-state index contributed by atoms with van der Waals surface area (Å²) in [5.41, 5.74) is -1.97. The van der Waals surface area contributed by atoms with Crippen LogP contribution in [-0.4, -0.2) is 35.6 Å². The minimum Gasteiger partial charge on any atom is -0.456 e. The molecule has 0 spiro atoms. The first kappa shape index (κ1) is 29.6. The number of ether oxygens (including phenoxy) is 1. The zero-order valence-corrected chi connectivity index (χ0v) is 23.1. The molecule has 0 fully saturated rings. The van der Waals surface area contributed by atoms with Crippen molar-refractivity contribution < 1.29 is 50.3 Å². The van der Waals surface area contributed by atoms with Crippen molar-refractivity contribution in [2.45, 2.75) is 19.3 Å². The van der Waals surface area contributed by atoms with Gasteiger partial charge in [-0.05, 0) is 84.3 Å². The predicted octanol–water partition coefficient (Wildman–Crippen LogP) is 7.52. The number of alkyl halides is 6. The summed E-state index contributed by atoms with van der Waals surface area (Å²) < 4.78 is 87.1. The number of fused-ring (bicyclic) bond motifs is 2. The van der Waals surface area contributed by atoms with E-state index in [1.807, 2.05) is 0 Å². The van der Waals surface area contributed by atoms with E-state index in [4.69, 9.17) is 4.74 Å². The molecular formula is C32H18F6N2O5. The molecule has 7 nitrogen and oxygen atoms in total. The third-order valence-corrected chi connectivity index (χ3v) is 7.47. The van der Waals surface area contributed by atoms with Crippen LogP contribution in [0.5, 0.6) is 11.5 Å². The molecule has 45 heavy (non-hydrogen) atoms. The van der Waals surface area contributed by atoms with Gasteiger partial charge in [-0.25, -0.2) is 4.90 Å². The average molecular weight is 624 g/mol. The molecule has 2 aliphatic rings. The second-order valence-corrected chi connectivity index (χ2v) is 10.4. The van der Waals surface area contributed by atoms with E-state index in [-0.39, 0.29) is 33.5 Å². The van der Waals surface area contributed by atoms with E-state index in [1.165, 1.54) is 31.3 Å². The lowest BCUT2D eigenvalue weighted by Crippen LogP contribution is -2.29. The van der Waals surface area contributed by atoms with Crippen LogP contribution in [0.25, 0.3) is 11.1 Å². The topological polar surface area (TPSA) is 84.0 Å². The SMILES string of the molecule is Cc1cc(C(F)(F)F)c(Oc2ccc(N3C(=O)c4ccc(-c5ccc6c(c5)C(=O)N(C)C6=O)cc4C3=O)cc2)c(C(F)(F)F)c1. The van der Waals surface area contributed by atoms with Crippen molar-refractivity contribution in [3.63, 3.8) is 0 Å². The fraction of sp³-hybridized carbons (Fsp3) is 0.125. The molecule has 0 bridgehead atoms. The zero-order valence-electron chi connectivity index (χ0n) is 23.1. The van der Waals surface area contributed by atoms with Gasteiger partial charge in [-0.1, -0.05) is 12.1 Å². The van der Waals surface area contributed by atoms with Crippen molar-refractivity contribution in [1.82, 2.24) is 4.90 Å². The Hall–Kier alpha value is -5.46. The van der Waals surface area contributed by atoms with E-state index in [9.17, 15) is 45.5 Å². The molecule has 4 aromatic rings. The van der Waals surface area contributed by atoms with Crippen LogP contribution in [0.2, 0.25) is 0 Å². The maximum Gasteiger partial charge on any atom is 0.420 e. The number of benzene rings is 4. The molecule has 0 aliphatic carbocycles. The van der Waals surface area contributed by atoms with E-state index in [0.717, 1.165) is 41.0 Å². The molecule has 4 aromatic carbocycles.